The van der Waals surface area contributed by atoms with E-state index in [-0.39, 0.29) is 5.60 Å². The molecule has 0 aromatic heterocycles. The number of para-hydroxylation sites is 1. The zero-order valence-electron chi connectivity index (χ0n) is 13.8. The van der Waals surface area contributed by atoms with Crippen molar-refractivity contribution in [2.45, 2.75) is 51.2 Å². The molecule has 0 N–H and O–H groups in total. The van der Waals surface area contributed by atoms with Crippen LogP contribution < -0.4 is 4.74 Å². The molecule has 116 valence electrons. The van der Waals surface area contributed by atoms with Gasteiger partial charge in [0.2, 0.25) is 0 Å². The fourth-order valence-corrected chi connectivity index (χ4v) is 4.59. The Kier molecular flexibility index (Phi) is 3.74. The van der Waals surface area contributed by atoms with Crippen LogP contribution in [0.1, 0.15) is 45.1 Å². The van der Waals surface area contributed by atoms with Crippen molar-refractivity contribution in [3.63, 3.8) is 0 Å². The average molecular weight is 289 g/mol. The normalized spacial score (nSPS) is 35.5. The van der Waals surface area contributed by atoms with E-state index in [0.717, 1.165) is 5.75 Å². The van der Waals surface area contributed by atoms with Crippen LogP contribution in [0.3, 0.4) is 0 Å². The zero-order valence-corrected chi connectivity index (χ0v) is 13.8. The molecule has 0 radical (unpaired) electrons. The summed E-state index contributed by atoms with van der Waals surface area (Å²) < 4.78 is 5.58. The van der Waals surface area contributed by atoms with Crippen molar-refractivity contribution in [2.24, 2.45) is 11.8 Å². The Bertz CT molecular complexity index is 514. The molecular weight excluding hydrogens is 262 g/mol. The summed E-state index contributed by atoms with van der Waals surface area (Å²) in [5.74, 6) is 2.79. The third-order valence-corrected chi connectivity index (χ3v) is 5.46. The van der Waals surface area contributed by atoms with Crippen LogP contribution in [0.2, 0.25) is 0 Å². The highest BCUT2D eigenvalue weighted by Gasteiger charge is 2.52. The van der Waals surface area contributed by atoms with Crippen LogP contribution in [0.15, 0.2) is 24.3 Å². The number of rotatable bonds is 2. The summed E-state index contributed by atoms with van der Waals surface area (Å²) in [5.41, 5.74) is 1.28. The summed E-state index contributed by atoms with van der Waals surface area (Å²) in [5, 5.41) is 2.10. The topological polar surface area (TPSA) is 21.7 Å². The van der Waals surface area contributed by atoms with Crippen molar-refractivity contribution in [2.75, 3.05) is 14.2 Å². The molecule has 1 saturated carbocycles. The van der Waals surface area contributed by atoms with Gasteiger partial charge in [0.25, 0.3) is 0 Å². The molecule has 1 heterocycles. The van der Waals surface area contributed by atoms with E-state index >= 15 is 0 Å². The highest BCUT2D eigenvalue weighted by Crippen LogP contribution is 2.51. The summed E-state index contributed by atoms with van der Waals surface area (Å²) in [6.07, 6.45) is 2.37. The molecule has 2 aliphatic rings. The monoisotopic (exact) mass is 289 g/mol. The van der Waals surface area contributed by atoms with Crippen LogP contribution in [0.4, 0.5) is 0 Å². The predicted molar refractivity (Wildman–Crippen MR) is 84.3 cm³/mol. The van der Waals surface area contributed by atoms with Crippen molar-refractivity contribution in [3.05, 3.63) is 29.8 Å². The first-order valence-corrected chi connectivity index (χ1v) is 7.99. The van der Waals surface area contributed by atoms with Crippen LogP contribution in [-0.2, 0) is 4.84 Å². The number of hydrogen-bond acceptors (Lipinski definition) is 3. The Morgan fingerprint density at radius 1 is 1.24 bits per heavy atom. The molecule has 0 amide bonds. The Labute approximate surface area is 128 Å². The lowest BCUT2D eigenvalue weighted by Gasteiger charge is -2.40. The van der Waals surface area contributed by atoms with E-state index in [9.17, 15) is 0 Å². The van der Waals surface area contributed by atoms with Gasteiger partial charge in [-0.2, -0.15) is 5.06 Å². The first-order chi connectivity index (χ1) is 9.94. The highest BCUT2D eigenvalue weighted by atomic mass is 16.7. The van der Waals surface area contributed by atoms with Crippen LogP contribution in [0.5, 0.6) is 5.75 Å². The van der Waals surface area contributed by atoms with Crippen molar-refractivity contribution in [1.82, 2.24) is 5.06 Å². The van der Waals surface area contributed by atoms with Gasteiger partial charge in [-0.05, 0) is 50.2 Å². The van der Waals surface area contributed by atoms with Crippen LogP contribution in [-0.4, -0.2) is 30.9 Å². The molecule has 3 nitrogen and oxygen atoms in total. The number of benzene rings is 1. The first kappa shape index (κ1) is 14.9. The Balaban J connectivity index is 1.91. The Hall–Kier alpha value is -1.06. The smallest absolute Gasteiger partial charge is 0.122 e. The predicted octanol–water partition coefficient (Wildman–Crippen LogP) is 3.85. The van der Waals surface area contributed by atoms with Gasteiger partial charge >= 0.3 is 0 Å². The third-order valence-electron chi connectivity index (χ3n) is 5.46. The van der Waals surface area contributed by atoms with E-state index in [0.29, 0.717) is 23.8 Å². The maximum absolute atomic E-state index is 6.11. The number of hydrogen-bond donors (Lipinski definition) is 0. The number of hydroxylamine groups is 2. The SMILES string of the molecule is COc1ccccc1[C@H]1C[C@@H]2[C@@H]([C@@H](C)C1)N(C)OC2(C)C. The summed E-state index contributed by atoms with van der Waals surface area (Å²) >= 11 is 0. The van der Waals surface area contributed by atoms with Gasteiger partial charge in [-0.15, -0.1) is 0 Å². The molecule has 1 saturated heterocycles. The maximum Gasteiger partial charge on any atom is 0.122 e. The van der Waals surface area contributed by atoms with Gasteiger partial charge in [-0.3, -0.25) is 4.84 Å². The quantitative estimate of drug-likeness (QED) is 0.825. The average Bonchev–Trinajstić information content (AvgIpc) is 2.68. The van der Waals surface area contributed by atoms with Crippen LogP contribution in [0.25, 0.3) is 0 Å². The van der Waals surface area contributed by atoms with Crippen LogP contribution >= 0.6 is 0 Å². The van der Waals surface area contributed by atoms with Gasteiger partial charge in [-0.1, -0.05) is 25.1 Å². The summed E-state index contributed by atoms with van der Waals surface area (Å²) in [4.78, 5) is 6.11. The standard InChI is InChI=1S/C18H27NO2/c1-12-10-13(14-8-6-7-9-16(14)20-5)11-15-17(12)19(4)21-18(15,2)3/h6-9,12-13,15,17H,10-11H2,1-5H3/t12-,13+,15+,17+/m0/s1. The molecule has 3 rings (SSSR count). The van der Waals surface area contributed by atoms with E-state index in [1.807, 2.05) is 6.07 Å². The van der Waals surface area contributed by atoms with Crippen molar-refractivity contribution >= 4 is 0 Å². The Morgan fingerprint density at radius 2 is 1.95 bits per heavy atom. The summed E-state index contributed by atoms with van der Waals surface area (Å²) in [7, 11) is 3.86. The van der Waals surface area contributed by atoms with Gasteiger partial charge in [0.15, 0.2) is 0 Å². The molecular formula is C18H27NO2. The molecule has 2 fully saturated rings. The molecule has 4 atom stereocenters. The van der Waals surface area contributed by atoms with Gasteiger partial charge in [0, 0.05) is 19.0 Å². The van der Waals surface area contributed by atoms with Crippen molar-refractivity contribution in [1.29, 1.82) is 0 Å². The molecule has 0 unspecified atom stereocenters. The fourth-order valence-electron chi connectivity index (χ4n) is 4.59. The first-order valence-electron chi connectivity index (χ1n) is 7.99. The number of methoxy groups -OCH3 is 1. The van der Waals surface area contributed by atoms with E-state index < -0.39 is 0 Å². The summed E-state index contributed by atoms with van der Waals surface area (Å²) in [6.45, 7) is 6.82. The minimum Gasteiger partial charge on any atom is -0.496 e. The van der Waals surface area contributed by atoms with E-state index in [2.05, 4.69) is 51.1 Å². The number of ether oxygens (including phenoxy) is 1. The molecule has 3 heteroatoms. The number of nitrogens with zero attached hydrogens (tertiary/aromatic N) is 1. The summed E-state index contributed by atoms with van der Waals surface area (Å²) in [6, 6.07) is 9.01. The minimum atomic E-state index is -0.0750. The van der Waals surface area contributed by atoms with Gasteiger partial charge in [-0.25, -0.2) is 0 Å². The lowest BCUT2D eigenvalue weighted by Crippen LogP contribution is -2.42. The van der Waals surface area contributed by atoms with E-state index in [1.165, 1.54) is 18.4 Å². The van der Waals surface area contributed by atoms with Crippen molar-refractivity contribution in [3.8, 4) is 5.75 Å². The molecule has 0 spiro atoms. The zero-order chi connectivity index (χ0) is 15.2. The molecule has 1 aromatic carbocycles. The fraction of sp³-hybridized carbons (Fsp3) is 0.667. The number of fused-ring (bicyclic) bond motifs is 1. The second kappa shape index (κ2) is 5.29. The molecule has 0 bridgehead atoms. The van der Waals surface area contributed by atoms with Gasteiger partial charge in [0.1, 0.15) is 5.75 Å². The van der Waals surface area contributed by atoms with Crippen molar-refractivity contribution < 1.29 is 9.57 Å². The van der Waals surface area contributed by atoms with E-state index in [1.54, 1.807) is 7.11 Å². The molecule has 21 heavy (non-hydrogen) atoms. The minimum absolute atomic E-state index is 0.0750. The maximum atomic E-state index is 6.11. The van der Waals surface area contributed by atoms with Gasteiger partial charge < -0.3 is 4.74 Å². The second-order valence-electron chi connectivity index (χ2n) is 7.23. The molecule has 1 aromatic rings. The van der Waals surface area contributed by atoms with Crippen LogP contribution in [0, 0.1) is 11.8 Å². The largest absolute Gasteiger partial charge is 0.496 e. The molecule has 1 aliphatic carbocycles. The third kappa shape index (κ3) is 2.47. The van der Waals surface area contributed by atoms with E-state index in [4.69, 9.17) is 9.57 Å². The highest BCUT2D eigenvalue weighted by molar-refractivity contribution is 5.37. The lowest BCUT2D eigenvalue weighted by atomic mass is 9.66. The lowest BCUT2D eigenvalue weighted by molar-refractivity contribution is -0.182. The second-order valence-corrected chi connectivity index (χ2v) is 7.23. The Morgan fingerprint density at radius 3 is 2.67 bits per heavy atom. The molecule has 1 aliphatic heterocycles. The van der Waals surface area contributed by atoms with Gasteiger partial charge in [0.05, 0.1) is 12.7 Å².